The monoisotopic (exact) mass is 520 g/mol. The van der Waals surface area contributed by atoms with Crippen molar-refractivity contribution >= 4 is 46.3 Å². The van der Waals surface area contributed by atoms with Crippen molar-refractivity contribution in [3.63, 3.8) is 0 Å². The summed E-state index contributed by atoms with van der Waals surface area (Å²) in [5.41, 5.74) is -0.500. The number of rotatable bonds is 6. The third kappa shape index (κ3) is 3.81. The van der Waals surface area contributed by atoms with Crippen LogP contribution in [-0.2, 0) is 13.8 Å². The minimum atomic E-state index is -3.05. The summed E-state index contributed by atoms with van der Waals surface area (Å²) in [7, 11) is -1.26. The third-order valence-corrected chi connectivity index (χ3v) is 7.58. The van der Waals surface area contributed by atoms with Crippen LogP contribution in [0.3, 0.4) is 0 Å². The zero-order chi connectivity index (χ0) is 25.8. The van der Waals surface area contributed by atoms with E-state index in [1.54, 1.807) is 7.05 Å². The quantitative estimate of drug-likeness (QED) is 0.230. The number of H-pyrrole nitrogens is 1. The van der Waals surface area contributed by atoms with E-state index in [4.69, 9.17) is 9.26 Å². The van der Waals surface area contributed by atoms with E-state index in [2.05, 4.69) is 29.2 Å². The number of benzene rings is 4. The summed E-state index contributed by atoms with van der Waals surface area (Å²) >= 11 is 0. The average Bonchev–Trinajstić information content (AvgIpc) is 3.24. The molecule has 1 saturated heterocycles. The minimum Gasteiger partial charge on any atom is -0.394 e. The molecule has 3 N–H and O–H groups in total. The van der Waals surface area contributed by atoms with Crippen LogP contribution in [0, 0.1) is 0 Å². The number of aromatic nitrogens is 2. The van der Waals surface area contributed by atoms with Crippen molar-refractivity contribution in [1.29, 1.82) is 0 Å². The number of anilines is 1. The van der Waals surface area contributed by atoms with Gasteiger partial charge in [0.2, 0.25) is 0 Å². The number of hydrogen-bond acceptors (Lipinski definition) is 7. The number of hydrogen-bond donors (Lipinski definition) is 3. The molecular weight excluding hydrogens is 497 g/mol. The number of likely N-dealkylation sites (N-methyl/N-ethyl adjacent to an activating group) is 1. The van der Waals surface area contributed by atoms with Crippen molar-refractivity contribution in [1.82, 2.24) is 9.55 Å². The zero-order valence-electron chi connectivity index (χ0n) is 19.6. The van der Waals surface area contributed by atoms with Crippen molar-refractivity contribution < 1.29 is 23.8 Å². The minimum absolute atomic E-state index is 0.509. The van der Waals surface area contributed by atoms with Gasteiger partial charge in [-0.15, -0.1) is 9.42 Å². The molecule has 5 aromatic rings. The summed E-state index contributed by atoms with van der Waals surface area (Å²) in [4.78, 5) is 38.0. The largest absolute Gasteiger partial charge is 0.695 e. The standard InChI is InChI=1S/C26H22N3O7P/c1-28(18-10-8-16-6-5-14-3-2-4-15-7-9-17(18)22(16)21(14)15)23-24(36-37(33)34)19(13-30)35-25(23)29-12-11-20(31)27-26(29)32/h2-12,19,23-25,30H,13H2,1H3,(H-,27,31,32,33,34)/p+1/t19-,23-,24-,25-/m1/s1. The molecule has 188 valence electrons. The number of nitrogens with one attached hydrogen (secondary N) is 1. The molecule has 6 rings (SSSR count). The Morgan fingerprint density at radius 2 is 1.70 bits per heavy atom. The second-order valence-corrected chi connectivity index (χ2v) is 9.80. The highest BCUT2D eigenvalue weighted by molar-refractivity contribution is 7.32. The average molecular weight is 520 g/mol. The number of nitrogens with zero attached hydrogens (tertiary/aromatic N) is 2. The van der Waals surface area contributed by atoms with Crippen LogP contribution < -0.4 is 16.1 Å². The lowest BCUT2D eigenvalue weighted by Crippen LogP contribution is -2.48. The zero-order valence-corrected chi connectivity index (χ0v) is 20.5. The van der Waals surface area contributed by atoms with E-state index in [1.165, 1.54) is 16.8 Å². The highest BCUT2D eigenvalue weighted by atomic mass is 31.1. The summed E-state index contributed by atoms with van der Waals surface area (Å²) < 4.78 is 24.3. The van der Waals surface area contributed by atoms with Crippen molar-refractivity contribution in [2.45, 2.75) is 24.5 Å². The van der Waals surface area contributed by atoms with E-state index in [0.29, 0.717) is 0 Å². The van der Waals surface area contributed by atoms with Crippen LogP contribution in [0.25, 0.3) is 32.3 Å². The van der Waals surface area contributed by atoms with E-state index in [-0.39, 0.29) is 0 Å². The number of aliphatic hydroxyl groups excluding tert-OH is 1. The Morgan fingerprint density at radius 1 is 1.03 bits per heavy atom. The summed E-state index contributed by atoms with van der Waals surface area (Å²) in [6.45, 7) is -0.509. The summed E-state index contributed by atoms with van der Waals surface area (Å²) in [6, 6.07) is 18.7. The number of ether oxygens (including phenoxy) is 1. The van der Waals surface area contributed by atoms with Gasteiger partial charge in [-0.3, -0.25) is 14.3 Å². The maximum atomic E-state index is 12.7. The Morgan fingerprint density at radius 3 is 2.38 bits per heavy atom. The Kier molecular flexibility index (Phi) is 5.78. The van der Waals surface area contributed by atoms with Crippen molar-refractivity contribution in [3.05, 3.63) is 87.7 Å². The normalized spacial score (nSPS) is 22.3. The molecular formula is C26H23N3O7P+. The fourth-order valence-corrected chi connectivity index (χ4v) is 6.03. The number of aliphatic hydroxyl groups is 1. The fraction of sp³-hybridized carbons (Fsp3) is 0.231. The summed E-state index contributed by atoms with van der Waals surface area (Å²) in [5.74, 6) is 0. The highest BCUT2D eigenvalue weighted by Crippen LogP contribution is 2.43. The second-order valence-electron chi connectivity index (χ2n) is 9.12. The molecule has 0 radical (unpaired) electrons. The van der Waals surface area contributed by atoms with Crippen molar-refractivity contribution in [2.75, 3.05) is 18.6 Å². The second kappa shape index (κ2) is 9.02. The van der Waals surface area contributed by atoms with Gasteiger partial charge in [-0.25, -0.2) is 4.79 Å². The number of aromatic amines is 1. The van der Waals surface area contributed by atoms with Crippen LogP contribution in [0.2, 0.25) is 0 Å². The van der Waals surface area contributed by atoms with Gasteiger partial charge in [0.05, 0.1) is 6.61 Å². The SMILES string of the molecule is CN(c1ccc2ccc3cccc4ccc1c2c34)[C@@H]1[C@H](O[P+](=O)O)[C@@H](CO)O[C@H]1n1ccc(=O)[nH]c1=O. The summed E-state index contributed by atoms with van der Waals surface area (Å²) in [5, 5.41) is 16.4. The Hall–Kier alpha value is -3.66. The lowest BCUT2D eigenvalue weighted by molar-refractivity contribution is -0.0433. The molecule has 0 amide bonds. The van der Waals surface area contributed by atoms with Gasteiger partial charge >= 0.3 is 13.9 Å². The molecule has 5 atom stereocenters. The van der Waals surface area contributed by atoms with Crippen LogP contribution in [-0.4, -0.2) is 51.5 Å². The molecule has 1 fully saturated rings. The van der Waals surface area contributed by atoms with Gasteiger partial charge in [0.25, 0.3) is 5.56 Å². The van der Waals surface area contributed by atoms with Gasteiger partial charge in [0.1, 0.15) is 12.1 Å². The lowest BCUT2D eigenvalue weighted by atomic mass is 9.93. The van der Waals surface area contributed by atoms with Gasteiger partial charge in [-0.1, -0.05) is 48.5 Å². The van der Waals surface area contributed by atoms with E-state index in [0.717, 1.165) is 38.0 Å². The third-order valence-electron chi connectivity index (χ3n) is 7.16. The van der Waals surface area contributed by atoms with Crippen LogP contribution >= 0.6 is 8.25 Å². The first-order chi connectivity index (χ1) is 17.9. The summed E-state index contributed by atoms with van der Waals surface area (Å²) in [6.07, 6.45) is -1.80. The molecule has 10 nitrogen and oxygen atoms in total. The molecule has 0 saturated carbocycles. The molecule has 1 unspecified atom stereocenters. The highest BCUT2D eigenvalue weighted by Gasteiger charge is 2.52. The first-order valence-electron chi connectivity index (χ1n) is 11.7. The molecule has 1 aliphatic heterocycles. The van der Waals surface area contributed by atoms with Gasteiger partial charge in [-0.2, -0.15) is 0 Å². The Balaban J connectivity index is 1.55. The van der Waals surface area contributed by atoms with Crippen LogP contribution in [0.1, 0.15) is 6.23 Å². The van der Waals surface area contributed by atoms with Crippen LogP contribution in [0.4, 0.5) is 5.69 Å². The molecule has 1 aromatic heterocycles. The fourth-order valence-electron chi connectivity index (χ4n) is 5.56. The molecule has 11 heteroatoms. The van der Waals surface area contributed by atoms with Gasteiger partial charge in [0, 0.05) is 34.9 Å². The van der Waals surface area contributed by atoms with E-state index >= 15 is 0 Å². The predicted octanol–water partition coefficient (Wildman–Crippen LogP) is 2.86. The molecule has 2 heterocycles. The first kappa shape index (κ1) is 23.7. The smallest absolute Gasteiger partial charge is 0.394 e. The molecule has 37 heavy (non-hydrogen) atoms. The Labute approximate surface area is 210 Å². The van der Waals surface area contributed by atoms with Gasteiger partial charge in [-0.05, 0) is 33.0 Å². The lowest BCUT2D eigenvalue weighted by Gasteiger charge is -2.33. The van der Waals surface area contributed by atoms with Gasteiger partial charge in [0.15, 0.2) is 12.3 Å². The van der Waals surface area contributed by atoms with Crippen molar-refractivity contribution in [2.24, 2.45) is 0 Å². The topological polar surface area (TPSA) is 134 Å². The van der Waals surface area contributed by atoms with Crippen molar-refractivity contribution in [3.8, 4) is 0 Å². The maximum absolute atomic E-state index is 12.7. The molecule has 0 bridgehead atoms. The predicted molar refractivity (Wildman–Crippen MR) is 139 cm³/mol. The maximum Gasteiger partial charge on any atom is 0.695 e. The van der Waals surface area contributed by atoms with Crippen LogP contribution in [0.15, 0.2) is 76.4 Å². The first-order valence-corrected chi connectivity index (χ1v) is 12.8. The molecule has 4 aromatic carbocycles. The van der Waals surface area contributed by atoms with Crippen LogP contribution in [0.5, 0.6) is 0 Å². The Bertz CT molecular complexity index is 1750. The van der Waals surface area contributed by atoms with E-state index in [1.807, 2.05) is 35.2 Å². The van der Waals surface area contributed by atoms with E-state index in [9.17, 15) is 24.2 Å². The molecule has 1 aliphatic rings. The molecule has 0 spiro atoms. The van der Waals surface area contributed by atoms with E-state index < -0.39 is 50.6 Å². The molecule has 0 aliphatic carbocycles. The van der Waals surface area contributed by atoms with Gasteiger partial charge < -0.3 is 14.7 Å².